The highest BCUT2D eigenvalue weighted by atomic mass is 35.5. The van der Waals surface area contributed by atoms with Crippen molar-refractivity contribution in [3.63, 3.8) is 0 Å². The Kier molecular flexibility index (Phi) is 9.21. The Morgan fingerprint density at radius 1 is 0.767 bits per heavy atom. The van der Waals surface area contributed by atoms with Crippen molar-refractivity contribution in [2.24, 2.45) is 0 Å². The van der Waals surface area contributed by atoms with Crippen LogP contribution >= 0.6 is 35.0 Å². The molecule has 5 rings (SSSR count). The SMILES string of the molecule is C=CC(SC(Oc1ccccc1)C(=O)O)(c1ccc(-c2ccc(F)cc2Cl)cc1)c1ccc(-c2ccc(F)cc2Cl)cc1. The van der Waals surface area contributed by atoms with E-state index in [1.54, 1.807) is 42.5 Å². The Labute approximate surface area is 262 Å². The number of aliphatic carboxylic acids is 1. The summed E-state index contributed by atoms with van der Waals surface area (Å²) in [6.07, 6.45) is 1.68. The Morgan fingerprint density at radius 3 is 1.63 bits per heavy atom. The lowest BCUT2D eigenvalue weighted by Crippen LogP contribution is -2.32. The summed E-state index contributed by atoms with van der Waals surface area (Å²) in [6, 6.07) is 31.9. The number of halogens is 4. The average Bonchev–Trinajstić information content (AvgIpc) is 3.00. The fourth-order valence-corrected chi connectivity index (χ4v) is 6.54. The molecule has 216 valence electrons. The molecule has 0 amide bonds. The van der Waals surface area contributed by atoms with Crippen molar-refractivity contribution < 1.29 is 23.4 Å². The average molecular weight is 634 g/mol. The molecule has 1 atom stereocenters. The van der Waals surface area contributed by atoms with Gasteiger partial charge in [0.15, 0.2) is 0 Å². The fraction of sp³-hybridized carbons (Fsp3) is 0.0571. The van der Waals surface area contributed by atoms with Crippen LogP contribution in [-0.2, 0) is 9.54 Å². The topological polar surface area (TPSA) is 46.5 Å². The summed E-state index contributed by atoms with van der Waals surface area (Å²) >= 11 is 13.7. The molecule has 0 aromatic heterocycles. The quantitative estimate of drug-likeness (QED) is 0.123. The Bertz CT molecular complexity index is 1670. The highest BCUT2D eigenvalue weighted by Gasteiger charge is 2.39. The van der Waals surface area contributed by atoms with Crippen molar-refractivity contribution in [3.05, 3.63) is 161 Å². The molecule has 0 heterocycles. The molecule has 1 unspecified atom stereocenters. The van der Waals surface area contributed by atoms with Crippen molar-refractivity contribution in [2.75, 3.05) is 0 Å². The molecule has 0 spiro atoms. The molecule has 0 aliphatic heterocycles. The summed E-state index contributed by atoms with van der Waals surface area (Å²) in [4.78, 5) is 12.5. The van der Waals surface area contributed by atoms with Crippen LogP contribution in [0.1, 0.15) is 11.1 Å². The van der Waals surface area contributed by atoms with Crippen LogP contribution in [0.2, 0.25) is 10.0 Å². The standard InChI is InChI=1S/C35H24Cl2F2O3S/c1-2-35(43-34(33(40)41)42-28-6-4-3-5-7-28,24-12-8-22(9-13-24)29-18-16-26(38)20-31(29)36)25-14-10-23(11-15-25)30-19-17-27(39)21-32(30)37/h2-21,34H,1H2,(H,40,41). The van der Waals surface area contributed by atoms with E-state index in [1.807, 2.05) is 54.6 Å². The number of benzene rings is 5. The van der Waals surface area contributed by atoms with Crippen LogP contribution < -0.4 is 4.74 Å². The lowest BCUT2D eigenvalue weighted by atomic mass is 9.88. The number of ether oxygens (including phenoxy) is 1. The van der Waals surface area contributed by atoms with Gasteiger partial charge < -0.3 is 9.84 Å². The number of carboxylic acids is 1. The van der Waals surface area contributed by atoms with Crippen LogP contribution in [0.5, 0.6) is 5.75 Å². The lowest BCUT2D eigenvalue weighted by molar-refractivity contribution is -0.140. The molecule has 3 nitrogen and oxygen atoms in total. The summed E-state index contributed by atoms with van der Waals surface area (Å²) in [5.41, 5.74) is 2.97. The smallest absolute Gasteiger partial charge is 0.355 e. The number of hydrogen-bond donors (Lipinski definition) is 1. The zero-order valence-corrected chi connectivity index (χ0v) is 24.8. The molecule has 0 radical (unpaired) electrons. The number of carboxylic acid groups (broad SMARTS) is 1. The number of hydrogen-bond acceptors (Lipinski definition) is 3. The van der Waals surface area contributed by atoms with E-state index in [0.29, 0.717) is 16.9 Å². The number of rotatable bonds is 10. The summed E-state index contributed by atoms with van der Waals surface area (Å²) in [7, 11) is 0. The zero-order valence-electron chi connectivity index (χ0n) is 22.5. The third-order valence-corrected chi connectivity index (χ3v) is 9.03. The molecule has 0 saturated carbocycles. The van der Waals surface area contributed by atoms with Gasteiger partial charge in [0.1, 0.15) is 17.4 Å². The van der Waals surface area contributed by atoms with Gasteiger partial charge in [0.2, 0.25) is 5.44 Å². The second-order valence-corrected chi connectivity index (χ2v) is 11.7. The van der Waals surface area contributed by atoms with Gasteiger partial charge in [-0.3, -0.25) is 0 Å². The fourth-order valence-electron chi connectivity index (χ4n) is 4.74. The molecular weight excluding hydrogens is 609 g/mol. The first-order valence-corrected chi connectivity index (χ1v) is 14.7. The van der Waals surface area contributed by atoms with Gasteiger partial charge >= 0.3 is 5.97 Å². The molecule has 0 aliphatic rings. The first kappa shape index (κ1) is 30.4. The van der Waals surface area contributed by atoms with Crippen LogP contribution in [0.25, 0.3) is 22.3 Å². The summed E-state index contributed by atoms with van der Waals surface area (Å²) in [5, 5.41) is 10.8. The monoisotopic (exact) mass is 632 g/mol. The van der Waals surface area contributed by atoms with Gasteiger partial charge in [-0.1, -0.05) is 108 Å². The van der Waals surface area contributed by atoms with Crippen LogP contribution in [0.15, 0.2) is 128 Å². The summed E-state index contributed by atoms with van der Waals surface area (Å²) in [5.74, 6) is -1.63. The third-order valence-electron chi connectivity index (χ3n) is 6.88. The maximum absolute atomic E-state index is 13.7. The van der Waals surface area contributed by atoms with Crippen molar-refractivity contribution in [3.8, 4) is 28.0 Å². The van der Waals surface area contributed by atoms with E-state index in [1.165, 1.54) is 24.3 Å². The Hall–Kier alpha value is -4.10. The van der Waals surface area contributed by atoms with E-state index in [4.69, 9.17) is 27.9 Å². The minimum atomic E-state index is -1.31. The molecular formula is C35H24Cl2F2O3S. The van der Waals surface area contributed by atoms with Gasteiger partial charge in [-0.25, -0.2) is 13.6 Å². The lowest BCUT2D eigenvalue weighted by Gasteiger charge is -2.34. The summed E-state index contributed by atoms with van der Waals surface area (Å²) in [6.45, 7) is 4.12. The van der Waals surface area contributed by atoms with Gasteiger partial charge in [0.25, 0.3) is 0 Å². The molecule has 43 heavy (non-hydrogen) atoms. The molecule has 8 heteroatoms. The van der Waals surface area contributed by atoms with Crippen molar-refractivity contribution in [1.29, 1.82) is 0 Å². The molecule has 0 bridgehead atoms. The van der Waals surface area contributed by atoms with Crippen LogP contribution in [0.3, 0.4) is 0 Å². The van der Waals surface area contributed by atoms with E-state index in [0.717, 1.165) is 34.0 Å². The predicted octanol–water partition coefficient (Wildman–Crippen LogP) is 10.3. The van der Waals surface area contributed by atoms with Gasteiger partial charge in [-0.2, -0.15) is 0 Å². The van der Waals surface area contributed by atoms with E-state index >= 15 is 0 Å². The van der Waals surface area contributed by atoms with Crippen molar-refractivity contribution in [2.45, 2.75) is 10.2 Å². The number of thioether (sulfide) groups is 1. The second-order valence-electron chi connectivity index (χ2n) is 9.56. The van der Waals surface area contributed by atoms with Crippen LogP contribution in [0.4, 0.5) is 8.78 Å². The van der Waals surface area contributed by atoms with Crippen molar-refractivity contribution >= 4 is 40.9 Å². The van der Waals surface area contributed by atoms with Crippen LogP contribution in [-0.4, -0.2) is 16.5 Å². The number of para-hydroxylation sites is 1. The predicted molar refractivity (Wildman–Crippen MR) is 171 cm³/mol. The Balaban J connectivity index is 1.59. The molecule has 5 aromatic carbocycles. The maximum atomic E-state index is 13.7. The van der Waals surface area contributed by atoms with E-state index in [-0.39, 0.29) is 10.0 Å². The first-order valence-electron chi connectivity index (χ1n) is 13.1. The minimum absolute atomic E-state index is 0.273. The van der Waals surface area contributed by atoms with Gasteiger partial charge in [-0.05, 0) is 70.8 Å². The minimum Gasteiger partial charge on any atom is -0.478 e. The summed E-state index contributed by atoms with van der Waals surface area (Å²) < 4.78 is 32.1. The molecule has 1 N–H and O–H groups in total. The van der Waals surface area contributed by atoms with Gasteiger partial charge in [0.05, 0.1) is 14.8 Å². The normalized spacial score (nSPS) is 12.0. The highest BCUT2D eigenvalue weighted by Crippen LogP contribution is 2.48. The highest BCUT2D eigenvalue weighted by molar-refractivity contribution is 8.01. The Morgan fingerprint density at radius 2 is 1.23 bits per heavy atom. The zero-order chi connectivity index (χ0) is 30.6. The largest absolute Gasteiger partial charge is 0.478 e. The molecule has 0 fully saturated rings. The molecule has 0 saturated heterocycles. The van der Waals surface area contributed by atoms with E-state index in [2.05, 4.69) is 6.58 Å². The van der Waals surface area contributed by atoms with E-state index < -0.39 is 27.8 Å². The van der Waals surface area contributed by atoms with Crippen LogP contribution in [0, 0.1) is 11.6 Å². The maximum Gasteiger partial charge on any atom is 0.355 e. The number of carbonyl (C=O) groups is 1. The van der Waals surface area contributed by atoms with Crippen molar-refractivity contribution in [1.82, 2.24) is 0 Å². The first-order chi connectivity index (χ1) is 20.7. The van der Waals surface area contributed by atoms with Gasteiger partial charge in [-0.15, -0.1) is 6.58 Å². The third kappa shape index (κ3) is 6.62. The molecule has 0 aliphatic carbocycles. The second kappa shape index (κ2) is 13.0. The van der Waals surface area contributed by atoms with Gasteiger partial charge in [0, 0.05) is 11.1 Å². The molecule has 5 aromatic rings. The van der Waals surface area contributed by atoms with E-state index in [9.17, 15) is 18.7 Å².